The Morgan fingerprint density at radius 2 is 1.69 bits per heavy atom. The van der Waals surface area contributed by atoms with Crippen LogP contribution in [0.25, 0.3) is 0 Å². The molecular weight excluding hydrogens is 362 g/mol. The molecule has 8 heteroatoms. The lowest BCUT2D eigenvalue weighted by molar-refractivity contribution is -0.120. The van der Waals surface area contributed by atoms with Gasteiger partial charge < -0.3 is 5.32 Å². The van der Waals surface area contributed by atoms with Crippen LogP contribution in [0.1, 0.15) is 12.8 Å². The lowest BCUT2D eigenvalue weighted by Crippen LogP contribution is -2.41. The first-order chi connectivity index (χ1) is 12.4. The minimum absolute atomic E-state index is 0.195. The Morgan fingerprint density at radius 3 is 2.35 bits per heavy atom. The van der Waals surface area contributed by atoms with E-state index in [9.17, 15) is 22.0 Å². The van der Waals surface area contributed by atoms with Gasteiger partial charge in [0.2, 0.25) is 15.9 Å². The predicted octanol–water partition coefficient (Wildman–Crippen LogP) is 3.00. The van der Waals surface area contributed by atoms with Crippen molar-refractivity contribution < 1.29 is 22.0 Å². The summed E-state index contributed by atoms with van der Waals surface area (Å²) in [5, 5.41) is 2.38. The summed E-state index contributed by atoms with van der Waals surface area (Å²) in [6.45, 7) is 0.391. The quantitative estimate of drug-likeness (QED) is 0.887. The van der Waals surface area contributed by atoms with Crippen molar-refractivity contribution in [3.63, 3.8) is 0 Å². The van der Waals surface area contributed by atoms with E-state index in [0.29, 0.717) is 12.8 Å². The number of halogens is 2. The van der Waals surface area contributed by atoms with Crippen molar-refractivity contribution in [3.05, 3.63) is 60.2 Å². The zero-order valence-corrected chi connectivity index (χ0v) is 14.7. The Hall–Kier alpha value is -2.32. The number of hydrogen-bond acceptors (Lipinski definition) is 3. The molecule has 3 rings (SSSR count). The zero-order chi connectivity index (χ0) is 18.7. The molecule has 0 aromatic heterocycles. The number of nitrogens with one attached hydrogen (secondary N) is 1. The minimum Gasteiger partial charge on any atom is -0.323 e. The number of hydrogen-bond donors (Lipinski definition) is 1. The van der Waals surface area contributed by atoms with Crippen LogP contribution in [0.3, 0.4) is 0 Å². The number of carbonyl (C=O) groups excluding carboxylic acids is 1. The van der Waals surface area contributed by atoms with Crippen molar-refractivity contribution in [1.82, 2.24) is 4.31 Å². The molecule has 0 spiro atoms. The van der Waals surface area contributed by atoms with E-state index in [-0.39, 0.29) is 23.7 Å². The normalized spacial score (nSPS) is 16.4. The molecule has 0 atom stereocenters. The predicted molar refractivity (Wildman–Crippen MR) is 92.9 cm³/mol. The van der Waals surface area contributed by atoms with Crippen LogP contribution in [0, 0.1) is 17.6 Å². The van der Waals surface area contributed by atoms with E-state index in [1.165, 1.54) is 16.4 Å². The molecular formula is C18H18F2N2O3S. The molecule has 0 unspecified atom stereocenters. The number of carbonyl (C=O) groups is 1. The van der Waals surface area contributed by atoms with Gasteiger partial charge in [-0.05, 0) is 37.1 Å². The summed E-state index contributed by atoms with van der Waals surface area (Å²) < 4.78 is 53.3. The molecule has 2 aromatic carbocycles. The molecule has 1 amide bonds. The third kappa shape index (κ3) is 3.91. The summed E-state index contributed by atoms with van der Waals surface area (Å²) in [4.78, 5) is 12.5. The average Bonchev–Trinajstić information content (AvgIpc) is 2.65. The largest absolute Gasteiger partial charge is 0.323 e. The molecule has 0 radical (unpaired) electrons. The van der Waals surface area contributed by atoms with Gasteiger partial charge >= 0.3 is 0 Å². The van der Waals surface area contributed by atoms with Gasteiger partial charge in [0, 0.05) is 25.1 Å². The standard InChI is InChI=1S/C18H18F2N2O3S/c19-14-6-7-16(20)17(12-14)21-18(23)13-8-10-22(11-9-13)26(24,25)15-4-2-1-3-5-15/h1-7,12-13H,8-11H2,(H,21,23). The fraction of sp³-hybridized carbons (Fsp3) is 0.278. The van der Waals surface area contributed by atoms with Crippen LogP contribution < -0.4 is 5.32 Å². The lowest BCUT2D eigenvalue weighted by atomic mass is 9.97. The van der Waals surface area contributed by atoms with Crippen molar-refractivity contribution >= 4 is 21.6 Å². The van der Waals surface area contributed by atoms with Crippen molar-refractivity contribution in [3.8, 4) is 0 Å². The van der Waals surface area contributed by atoms with Gasteiger partial charge in [-0.25, -0.2) is 17.2 Å². The van der Waals surface area contributed by atoms with Crippen molar-refractivity contribution in [2.75, 3.05) is 18.4 Å². The fourth-order valence-electron chi connectivity index (χ4n) is 2.93. The number of nitrogens with zero attached hydrogens (tertiary/aromatic N) is 1. The number of rotatable bonds is 4. The highest BCUT2D eigenvalue weighted by atomic mass is 32.2. The smallest absolute Gasteiger partial charge is 0.243 e. The summed E-state index contributed by atoms with van der Waals surface area (Å²) in [5.74, 6) is -2.26. The van der Waals surface area contributed by atoms with Crippen LogP contribution >= 0.6 is 0 Å². The highest BCUT2D eigenvalue weighted by molar-refractivity contribution is 7.89. The number of sulfonamides is 1. The minimum atomic E-state index is -3.59. The van der Waals surface area contributed by atoms with Gasteiger partial charge in [0.05, 0.1) is 10.6 Å². The molecule has 1 fully saturated rings. The fourth-order valence-corrected chi connectivity index (χ4v) is 4.42. The van der Waals surface area contributed by atoms with Gasteiger partial charge in [-0.15, -0.1) is 0 Å². The van der Waals surface area contributed by atoms with E-state index in [1.54, 1.807) is 18.2 Å². The molecule has 138 valence electrons. The third-order valence-corrected chi connectivity index (χ3v) is 6.30. The summed E-state index contributed by atoms with van der Waals surface area (Å²) in [6.07, 6.45) is 0.629. The second-order valence-electron chi connectivity index (χ2n) is 6.10. The van der Waals surface area contributed by atoms with Crippen LogP contribution in [-0.4, -0.2) is 31.7 Å². The Bertz CT molecular complexity index is 896. The van der Waals surface area contributed by atoms with E-state index in [2.05, 4.69) is 5.32 Å². The van der Waals surface area contributed by atoms with Crippen LogP contribution in [0.4, 0.5) is 14.5 Å². The van der Waals surface area contributed by atoms with Crippen LogP contribution in [0.2, 0.25) is 0 Å². The molecule has 5 nitrogen and oxygen atoms in total. The first-order valence-corrected chi connectivity index (χ1v) is 9.63. The molecule has 0 saturated carbocycles. The SMILES string of the molecule is O=C(Nc1cc(F)ccc1F)C1CCN(S(=O)(=O)c2ccccc2)CC1. The van der Waals surface area contributed by atoms with Gasteiger partial charge in [0.1, 0.15) is 11.6 Å². The van der Waals surface area contributed by atoms with Crippen LogP contribution in [-0.2, 0) is 14.8 Å². The van der Waals surface area contributed by atoms with E-state index < -0.39 is 33.5 Å². The summed E-state index contributed by atoms with van der Waals surface area (Å²) >= 11 is 0. The van der Waals surface area contributed by atoms with Crippen molar-refractivity contribution in [1.29, 1.82) is 0 Å². The average molecular weight is 380 g/mol. The van der Waals surface area contributed by atoms with E-state index in [0.717, 1.165) is 18.2 Å². The molecule has 1 heterocycles. The maximum absolute atomic E-state index is 13.6. The van der Waals surface area contributed by atoms with Gasteiger partial charge in [-0.2, -0.15) is 4.31 Å². The van der Waals surface area contributed by atoms with Crippen LogP contribution in [0.15, 0.2) is 53.4 Å². The Balaban J connectivity index is 1.63. The number of piperidine rings is 1. The number of anilines is 1. The third-order valence-electron chi connectivity index (χ3n) is 4.39. The van der Waals surface area contributed by atoms with Crippen molar-refractivity contribution in [2.45, 2.75) is 17.7 Å². The van der Waals surface area contributed by atoms with Gasteiger partial charge in [0.15, 0.2) is 0 Å². The van der Waals surface area contributed by atoms with Gasteiger partial charge in [-0.1, -0.05) is 18.2 Å². The van der Waals surface area contributed by atoms with Crippen molar-refractivity contribution in [2.24, 2.45) is 5.92 Å². The first kappa shape index (κ1) is 18.5. The second-order valence-corrected chi connectivity index (χ2v) is 8.04. The summed E-state index contributed by atoms with van der Waals surface area (Å²) in [6, 6.07) is 10.9. The lowest BCUT2D eigenvalue weighted by Gasteiger charge is -2.30. The topological polar surface area (TPSA) is 66.5 Å². The molecule has 26 heavy (non-hydrogen) atoms. The molecule has 1 saturated heterocycles. The van der Waals surface area contributed by atoms with E-state index in [4.69, 9.17) is 0 Å². The van der Waals surface area contributed by atoms with Gasteiger partial charge in [-0.3, -0.25) is 4.79 Å². The monoisotopic (exact) mass is 380 g/mol. The van der Waals surface area contributed by atoms with Gasteiger partial charge in [0.25, 0.3) is 0 Å². The van der Waals surface area contributed by atoms with Crippen LogP contribution in [0.5, 0.6) is 0 Å². The number of benzene rings is 2. The maximum atomic E-state index is 13.6. The highest BCUT2D eigenvalue weighted by Crippen LogP contribution is 2.25. The zero-order valence-electron chi connectivity index (χ0n) is 13.9. The maximum Gasteiger partial charge on any atom is 0.243 e. The number of amides is 1. The summed E-state index contributed by atoms with van der Waals surface area (Å²) in [7, 11) is -3.59. The molecule has 1 aliphatic rings. The molecule has 1 N–H and O–H groups in total. The molecule has 0 bridgehead atoms. The Morgan fingerprint density at radius 1 is 1.04 bits per heavy atom. The molecule has 0 aliphatic carbocycles. The molecule has 2 aromatic rings. The summed E-state index contributed by atoms with van der Waals surface area (Å²) in [5.41, 5.74) is -0.214. The van der Waals surface area contributed by atoms with E-state index in [1.807, 2.05) is 0 Å². The Kier molecular flexibility index (Phi) is 5.33. The Labute approximate surface area is 150 Å². The molecule has 1 aliphatic heterocycles. The van der Waals surface area contributed by atoms with E-state index >= 15 is 0 Å². The first-order valence-electron chi connectivity index (χ1n) is 8.19. The second kappa shape index (κ2) is 7.51. The highest BCUT2D eigenvalue weighted by Gasteiger charge is 2.32.